The van der Waals surface area contributed by atoms with Crippen LogP contribution in [0, 0.1) is 5.92 Å². The Morgan fingerprint density at radius 3 is 2.26 bits per heavy atom. The van der Waals surface area contributed by atoms with Crippen LogP contribution >= 0.6 is 0 Å². The Morgan fingerprint density at radius 2 is 1.79 bits per heavy atom. The number of carbonyl (C=O) groups is 1. The number of benzene rings is 1. The molecule has 1 N–H and O–H groups in total. The van der Waals surface area contributed by atoms with Gasteiger partial charge in [-0.3, -0.25) is 4.79 Å². The van der Waals surface area contributed by atoms with Gasteiger partial charge >= 0.3 is 0 Å². The number of amides is 1. The molecule has 1 aromatic carbocycles. The van der Waals surface area contributed by atoms with E-state index in [-0.39, 0.29) is 17.2 Å². The predicted molar refractivity (Wildman–Crippen MR) is 78.5 cm³/mol. The van der Waals surface area contributed by atoms with Crippen LogP contribution in [0.4, 0.5) is 0 Å². The van der Waals surface area contributed by atoms with E-state index in [1.807, 2.05) is 26.0 Å². The smallest absolute Gasteiger partial charge is 0.222 e. The molecule has 1 rings (SSSR count). The second kappa shape index (κ2) is 6.60. The first-order valence-electron chi connectivity index (χ1n) is 6.82. The van der Waals surface area contributed by atoms with Gasteiger partial charge in [0.15, 0.2) is 0 Å². The van der Waals surface area contributed by atoms with Crippen LogP contribution in [0.1, 0.15) is 40.2 Å². The van der Waals surface area contributed by atoms with Crippen molar-refractivity contribution in [2.75, 3.05) is 13.2 Å². The van der Waals surface area contributed by atoms with Crippen molar-refractivity contribution in [2.45, 2.75) is 40.0 Å². The van der Waals surface area contributed by atoms with E-state index < -0.39 is 0 Å². The molecule has 0 aliphatic rings. The first-order valence-corrected chi connectivity index (χ1v) is 6.82. The minimum atomic E-state index is 0.0195. The van der Waals surface area contributed by atoms with Crippen LogP contribution in [0.5, 0.6) is 5.75 Å². The number of hydrogen-bond acceptors (Lipinski definition) is 2. The summed E-state index contributed by atoms with van der Waals surface area (Å²) in [6.45, 7) is 11.3. The molecule has 0 saturated heterocycles. The summed E-state index contributed by atoms with van der Waals surface area (Å²) in [6, 6.07) is 8.12. The minimum absolute atomic E-state index is 0.0195. The van der Waals surface area contributed by atoms with E-state index in [0.29, 0.717) is 13.2 Å². The highest BCUT2D eigenvalue weighted by molar-refractivity contribution is 5.77. The lowest BCUT2D eigenvalue weighted by Crippen LogP contribution is -2.31. The molecule has 0 atom stereocenters. The van der Waals surface area contributed by atoms with Crippen LogP contribution in [-0.2, 0) is 10.2 Å². The number of rotatable bonds is 5. The lowest BCUT2D eigenvalue weighted by molar-refractivity contribution is -0.124. The first-order chi connectivity index (χ1) is 8.80. The van der Waals surface area contributed by atoms with E-state index in [9.17, 15) is 4.79 Å². The molecule has 1 aromatic rings. The third-order valence-electron chi connectivity index (χ3n) is 2.91. The molecule has 0 unspecified atom stereocenters. The summed E-state index contributed by atoms with van der Waals surface area (Å²) in [5, 5.41) is 2.82. The molecular formula is C16H25NO2. The molecule has 0 bridgehead atoms. The van der Waals surface area contributed by atoms with E-state index in [2.05, 4.69) is 38.2 Å². The molecule has 0 aromatic heterocycles. The molecule has 0 aliphatic carbocycles. The van der Waals surface area contributed by atoms with E-state index in [1.54, 1.807) is 0 Å². The van der Waals surface area contributed by atoms with Gasteiger partial charge in [0, 0.05) is 5.92 Å². The van der Waals surface area contributed by atoms with Crippen molar-refractivity contribution in [3.8, 4) is 5.75 Å². The number of hydrogen-bond donors (Lipinski definition) is 1. The van der Waals surface area contributed by atoms with Crippen LogP contribution in [0.25, 0.3) is 0 Å². The lowest BCUT2D eigenvalue weighted by atomic mass is 9.87. The van der Waals surface area contributed by atoms with Crippen molar-refractivity contribution in [1.29, 1.82) is 0 Å². The summed E-state index contributed by atoms with van der Waals surface area (Å²) in [5.41, 5.74) is 1.44. The fourth-order valence-electron chi connectivity index (χ4n) is 1.60. The van der Waals surface area contributed by atoms with Crippen LogP contribution in [-0.4, -0.2) is 19.1 Å². The second-order valence-electron chi connectivity index (χ2n) is 6.07. The van der Waals surface area contributed by atoms with Gasteiger partial charge < -0.3 is 10.1 Å². The molecular weight excluding hydrogens is 238 g/mol. The number of carbonyl (C=O) groups excluding carboxylic acids is 1. The minimum Gasteiger partial charge on any atom is -0.492 e. The van der Waals surface area contributed by atoms with Gasteiger partial charge in [-0.1, -0.05) is 46.8 Å². The summed E-state index contributed by atoms with van der Waals surface area (Å²) in [7, 11) is 0. The maximum Gasteiger partial charge on any atom is 0.222 e. The van der Waals surface area contributed by atoms with E-state index >= 15 is 0 Å². The third-order valence-corrected chi connectivity index (χ3v) is 2.91. The van der Waals surface area contributed by atoms with Crippen LogP contribution in [0.3, 0.4) is 0 Å². The summed E-state index contributed by atoms with van der Waals surface area (Å²) in [4.78, 5) is 11.3. The second-order valence-corrected chi connectivity index (χ2v) is 6.07. The average Bonchev–Trinajstić information content (AvgIpc) is 2.33. The average molecular weight is 263 g/mol. The standard InChI is InChI=1S/C16H25NO2/c1-12(2)15(18)17-10-11-19-14-8-6-13(7-9-14)16(3,4)5/h6-9,12H,10-11H2,1-5H3,(H,17,18). The normalized spacial score (nSPS) is 11.5. The van der Waals surface area contributed by atoms with Gasteiger partial charge in [0.2, 0.25) is 5.91 Å². The van der Waals surface area contributed by atoms with Crippen molar-refractivity contribution in [2.24, 2.45) is 5.92 Å². The fourth-order valence-corrected chi connectivity index (χ4v) is 1.60. The third kappa shape index (κ3) is 5.33. The van der Waals surface area contributed by atoms with Gasteiger partial charge in [0.05, 0.1) is 6.54 Å². The van der Waals surface area contributed by atoms with Crippen LogP contribution < -0.4 is 10.1 Å². The maximum atomic E-state index is 11.3. The van der Waals surface area contributed by atoms with Crippen molar-refractivity contribution in [1.82, 2.24) is 5.32 Å². The molecule has 0 saturated carbocycles. The van der Waals surface area contributed by atoms with Crippen LogP contribution in [0.2, 0.25) is 0 Å². The number of ether oxygens (including phenoxy) is 1. The molecule has 0 fully saturated rings. The van der Waals surface area contributed by atoms with Gasteiger partial charge in [-0.25, -0.2) is 0 Å². The van der Waals surface area contributed by atoms with Gasteiger partial charge in [-0.2, -0.15) is 0 Å². The molecule has 0 aliphatic heterocycles. The highest BCUT2D eigenvalue weighted by Gasteiger charge is 2.12. The summed E-state index contributed by atoms with van der Waals surface area (Å²) in [6.07, 6.45) is 0. The summed E-state index contributed by atoms with van der Waals surface area (Å²) >= 11 is 0. The van der Waals surface area contributed by atoms with E-state index in [0.717, 1.165) is 5.75 Å². The van der Waals surface area contributed by atoms with Gasteiger partial charge in [-0.15, -0.1) is 0 Å². The quantitative estimate of drug-likeness (QED) is 0.829. The highest BCUT2D eigenvalue weighted by Crippen LogP contribution is 2.24. The Kier molecular flexibility index (Phi) is 5.40. The molecule has 3 nitrogen and oxygen atoms in total. The molecule has 0 heterocycles. The zero-order valence-corrected chi connectivity index (χ0v) is 12.6. The van der Waals surface area contributed by atoms with Gasteiger partial charge in [-0.05, 0) is 23.1 Å². The topological polar surface area (TPSA) is 38.3 Å². The monoisotopic (exact) mass is 263 g/mol. The van der Waals surface area contributed by atoms with Gasteiger partial charge in [0.25, 0.3) is 0 Å². The lowest BCUT2D eigenvalue weighted by Gasteiger charge is -2.19. The van der Waals surface area contributed by atoms with Crippen molar-refractivity contribution in [3.05, 3.63) is 29.8 Å². The molecule has 3 heteroatoms. The van der Waals surface area contributed by atoms with E-state index in [1.165, 1.54) is 5.56 Å². The molecule has 106 valence electrons. The maximum absolute atomic E-state index is 11.3. The fraction of sp³-hybridized carbons (Fsp3) is 0.562. The Morgan fingerprint density at radius 1 is 1.21 bits per heavy atom. The SMILES string of the molecule is CC(C)C(=O)NCCOc1ccc(C(C)(C)C)cc1. The molecule has 1 amide bonds. The summed E-state index contributed by atoms with van der Waals surface area (Å²) in [5.74, 6) is 0.921. The predicted octanol–water partition coefficient (Wildman–Crippen LogP) is 3.14. The zero-order chi connectivity index (χ0) is 14.5. The summed E-state index contributed by atoms with van der Waals surface area (Å²) < 4.78 is 5.59. The van der Waals surface area contributed by atoms with Crippen molar-refractivity contribution in [3.63, 3.8) is 0 Å². The van der Waals surface area contributed by atoms with Gasteiger partial charge in [0.1, 0.15) is 12.4 Å². The zero-order valence-electron chi connectivity index (χ0n) is 12.6. The van der Waals surface area contributed by atoms with Crippen molar-refractivity contribution < 1.29 is 9.53 Å². The first kappa shape index (κ1) is 15.5. The Labute approximate surface area is 116 Å². The highest BCUT2D eigenvalue weighted by atomic mass is 16.5. The van der Waals surface area contributed by atoms with Crippen LogP contribution in [0.15, 0.2) is 24.3 Å². The molecule has 19 heavy (non-hydrogen) atoms. The largest absolute Gasteiger partial charge is 0.492 e. The molecule has 0 radical (unpaired) electrons. The number of nitrogens with one attached hydrogen (secondary N) is 1. The van der Waals surface area contributed by atoms with Crippen molar-refractivity contribution >= 4 is 5.91 Å². The van der Waals surface area contributed by atoms with E-state index in [4.69, 9.17) is 4.74 Å². The Hall–Kier alpha value is -1.51. The Balaban J connectivity index is 2.37. The molecule has 0 spiro atoms. The Bertz CT molecular complexity index is 402.